The van der Waals surface area contributed by atoms with Crippen molar-refractivity contribution in [1.82, 2.24) is 10.0 Å². The van der Waals surface area contributed by atoms with E-state index in [1.54, 1.807) is 27.0 Å². The van der Waals surface area contributed by atoms with E-state index in [2.05, 4.69) is 4.99 Å². The molecule has 2 atom stereocenters. The van der Waals surface area contributed by atoms with Crippen LogP contribution in [0.5, 0.6) is 0 Å². The molecule has 0 aromatic heterocycles. The maximum atomic E-state index is 13.4. The van der Waals surface area contributed by atoms with E-state index >= 15 is 0 Å². The second-order valence-electron chi connectivity index (χ2n) is 9.33. The lowest BCUT2D eigenvalue weighted by Gasteiger charge is -2.42. The number of aliphatic imine (C=N–C) groups is 1. The first-order valence-corrected chi connectivity index (χ1v) is 11.1. The standard InChI is InChI=1S/C25H29N3O4/c1-25(2,3)32-24(31)21-9-6-14-27-22(29)13-12-20(23(30)28(21)27)26-16-17-10-11-18-7-4-5-8-19(18)15-17/h4-5,7-8,10-11,15-16,20-21H,6,9,12-14H2,1-3H3/t20-,21-/m0/s1. The number of hydrogen-bond acceptors (Lipinski definition) is 5. The van der Waals surface area contributed by atoms with Gasteiger partial charge in [0.2, 0.25) is 5.91 Å². The lowest BCUT2D eigenvalue weighted by atomic mass is 10.1. The third-order valence-electron chi connectivity index (χ3n) is 5.69. The molecule has 0 N–H and O–H groups in total. The minimum absolute atomic E-state index is 0.157. The van der Waals surface area contributed by atoms with Gasteiger partial charge in [0.1, 0.15) is 11.6 Å². The molecule has 2 aromatic carbocycles. The Labute approximate surface area is 188 Å². The summed E-state index contributed by atoms with van der Waals surface area (Å²) in [6.45, 7) is 5.79. The summed E-state index contributed by atoms with van der Waals surface area (Å²) in [4.78, 5) is 43.6. The number of hydrazine groups is 1. The van der Waals surface area contributed by atoms with E-state index in [9.17, 15) is 14.4 Å². The Balaban J connectivity index is 1.59. The highest BCUT2D eigenvalue weighted by atomic mass is 16.6. The number of benzene rings is 2. The van der Waals surface area contributed by atoms with Gasteiger partial charge in [-0.25, -0.2) is 9.80 Å². The smallest absolute Gasteiger partial charge is 0.331 e. The fourth-order valence-corrected chi connectivity index (χ4v) is 4.21. The van der Waals surface area contributed by atoms with Crippen molar-refractivity contribution in [2.75, 3.05) is 6.54 Å². The highest BCUT2D eigenvalue weighted by Crippen LogP contribution is 2.27. The Morgan fingerprint density at radius 2 is 1.84 bits per heavy atom. The summed E-state index contributed by atoms with van der Waals surface area (Å²) in [6, 6.07) is 12.5. The molecule has 0 spiro atoms. The highest BCUT2D eigenvalue weighted by molar-refractivity contribution is 5.95. The molecule has 0 bridgehead atoms. The van der Waals surface area contributed by atoms with E-state index < -0.39 is 23.7 Å². The Bertz CT molecular complexity index is 1070. The number of carbonyl (C=O) groups excluding carboxylic acids is 3. The van der Waals surface area contributed by atoms with Crippen molar-refractivity contribution >= 4 is 34.8 Å². The van der Waals surface area contributed by atoms with Crippen LogP contribution in [0.4, 0.5) is 0 Å². The molecule has 2 saturated heterocycles. The molecule has 168 valence electrons. The van der Waals surface area contributed by atoms with Gasteiger partial charge in [-0.05, 0) is 62.4 Å². The molecule has 2 amide bonds. The van der Waals surface area contributed by atoms with Crippen molar-refractivity contribution in [3.63, 3.8) is 0 Å². The topological polar surface area (TPSA) is 79.3 Å². The second kappa shape index (κ2) is 8.73. The van der Waals surface area contributed by atoms with Crippen molar-refractivity contribution in [1.29, 1.82) is 0 Å². The summed E-state index contributed by atoms with van der Waals surface area (Å²) in [7, 11) is 0. The summed E-state index contributed by atoms with van der Waals surface area (Å²) in [6.07, 6.45) is 3.32. The lowest BCUT2D eigenvalue weighted by Crippen LogP contribution is -2.61. The molecule has 7 heteroatoms. The molecule has 2 fully saturated rings. The molecular weight excluding hydrogens is 406 g/mol. The highest BCUT2D eigenvalue weighted by Gasteiger charge is 2.45. The Kier molecular flexibility index (Phi) is 6.00. The van der Waals surface area contributed by atoms with Crippen LogP contribution in [-0.4, -0.2) is 58.2 Å². The quantitative estimate of drug-likeness (QED) is 0.546. The number of fused-ring (bicyclic) bond motifs is 2. The zero-order chi connectivity index (χ0) is 22.9. The molecule has 2 aromatic rings. The number of nitrogens with zero attached hydrogens (tertiary/aromatic N) is 3. The van der Waals surface area contributed by atoms with Gasteiger partial charge in [-0.2, -0.15) is 0 Å². The normalized spacial score (nSPS) is 22.2. The summed E-state index contributed by atoms with van der Waals surface area (Å²) in [5, 5.41) is 4.96. The Hall–Kier alpha value is -3.22. The summed E-state index contributed by atoms with van der Waals surface area (Å²) in [5.41, 5.74) is 0.206. The van der Waals surface area contributed by atoms with Crippen LogP contribution in [0.3, 0.4) is 0 Å². The van der Waals surface area contributed by atoms with E-state index in [-0.39, 0.29) is 18.2 Å². The first-order valence-electron chi connectivity index (χ1n) is 11.1. The molecule has 2 aliphatic rings. The van der Waals surface area contributed by atoms with Crippen molar-refractivity contribution in [3.05, 3.63) is 48.0 Å². The number of ether oxygens (including phenoxy) is 1. The van der Waals surface area contributed by atoms with Crippen molar-refractivity contribution < 1.29 is 19.1 Å². The van der Waals surface area contributed by atoms with Crippen LogP contribution >= 0.6 is 0 Å². The molecular formula is C25H29N3O4. The van der Waals surface area contributed by atoms with Crippen LogP contribution in [0.15, 0.2) is 47.5 Å². The molecule has 7 nitrogen and oxygen atoms in total. The third-order valence-corrected chi connectivity index (χ3v) is 5.69. The summed E-state index contributed by atoms with van der Waals surface area (Å²) >= 11 is 0. The second-order valence-corrected chi connectivity index (χ2v) is 9.33. The Morgan fingerprint density at radius 3 is 2.59 bits per heavy atom. The van der Waals surface area contributed by atoms with Gasteiger partial charge in [0.05, 0.1) is 0 Å². The average Bonchev–Trinajstić information content (AvgIpc) is 2.88. The minimum atomic E-state index is -0.809. The maximum Gasteiger partial charge on any atom is 0.331 e. The molecule has 0 radical (unpaired) electrons. The average molecular weight is 436 g/mol. The van der Waals surface area contributed by atoms with Gasteiger partial charge < -0.3 is 4.74 Å². The summed E-state index contributed by atoms with van der Waals surface area (Å²) < 4.78 is 5.55. The lowest BCUT2D eigenvalue weighted by molar-refractivity contribution is -0.187. The van der Waals surface area contributed by atoms with Crippen LogP contribution in [0, 0.1) is 0 Å². The SMILES string of the molecule is CC(C)(C)OC(=O)[C@@H]1CCCN2C(=O)CC[C@H](N=Cc3ccc4ccccc4c3)C(=O)N12. The van der Waals surface area contributed by atoms with Crippen molar-refractivity contribution in [3.8, 4) is 0 Å². The van der Waals surface area contributed by atoms with Crippen LogP contribution in [0.2, 0.25) is 0 Å². The van der Waals surface area contributed by atoms with Gasteiger partial charge in [0.15, 0.2) is 6.04 Å². The first kappa shape index (κ1) is 22.0. The van der Waals surface area contributed by atoms with Gasteiger partial charge in [0, 0.05) is 19.2 Å². The first-order chi connectivity index (χ1) is 15.2. The fraction of sp³-hybridized carbons (Fsp3) is 0.440. The maximum absolute atomic E-state index is 13.4. The van der Waals surface area contributed by atoms with E-state index in [4.69, 9.17) is 4.74 Å². The number of carbonyl (C=O) groups is 3. The number of rotatable bonds is 3. The van der Waals surface area contributed by atoms with Crippen molar-refractivity contribution in [2.24, 2.45) is 4.99 Å². The van der Waals surface area contributed by atoms with Gasteiger partial charge in [0.25, 0.3) is 5.91 Å². The van der Waals surface area contributed by atoms with Crippen LogP contribution in [-0.2, 0) is 19.1 Å². The summed E-state index contributed by atoms with van der Waals surface area (Å²) in [5.74, 6) is -0.971. The van der Waals surface area contributed by atoms with Crippen LogP contribution < -0.4 is 0 Å². The Morgan fingerprint density at radius 1 is 1.09 bits per heavy atom. The van der Waals surface area contributed by atoms with Gasteiger partial charge in [-0.1, -0.05) is 36.4 Å². The van der Waals surface area contributed by atoms with E-state index in [1.165, 1.54) is 10.0 Å². The zero-order valence-corrected chi connectivity index (χ0v) is 18.8. The van der Waals surface area contributed by atoms with Crippen LogP contribution in [0.25, 0.3) is 10.8 Å². The number of amides is 2. The van der Waals surface area contributed by atoms with E-state index in [0.29, 0.717) is 25.8 Å². The monoisotopic (exact) mass is 435 g/mol. The molecule has 0 unspecified atom stereocenters. The molecule has 0 aliphatic carbocycles. The molecule has 2 aliphatic heterocycles. The van der Waals surface area contributed by atoms with Crippen molar-refractivity contribution in [2.45, 2.75) is 64.1 Å². The predicted octanol–water partition coefficient (Wildman–Crippen LogP) is 3.50. The number of esters is 1. The van der Waals surface area contributed by atoms with Crippen LogP contribution in [0.1, 0.15) is 52.0 Å². The zero-order valence-electron chi connectivity index (χ0n) is 18.8. The van der Waals surface area contributed by atoms with Gasteiger partial charge >= 0.3 is 5.97 Å². The molecule has 2 heterocycles. The van der Waals surface area contributed by atoms with Gasteiger partial charge in [-0.3, -0.25) is 19.6 Å². The number of hydrogen-bond donors (Lipinski definition) is 0. The van der Waals surface area contributed by atoms with E-state index in [1.807, 2.05) is 42.5 Å². The van der Waals surface area contributed by atoms with E-state index in [0.717, 1.165) is 16.3 Å². The molecule has 32 heavy (non-hydrogen) atoms. The third kappa shape index (κ3) is 4.66. The largest absolute Gasteiger partial charge is 0.458 e. The molecule has 4 rings (SSSR count). The predicted molar refractivity (Wildman–Crippen MR) is 122 cm³/mol. The minimum Gasteiger partial charge on any atom is -0.458 e. The fourth-order valence-electron chi connectivity index (χ4n) is 4.21. The molecule has 0 saturated carbocycles. The van der Waals surface area contributed by atoms with Gasteiger partial charge in [-0.15, -0.1) is 0 Å².